The molecule has 0 radical (unpaired) electrons. The highest BCUT2D eigenvalue weighted by Crippen LogP contribution is 2.28. The SMILES string of the molecule is COc1ccc(CCc2nn3c(Cn4cnc5ccccc54)nnc3s2)cc1OC. The second-order valence-electron chi connectivity index (χ2n) is 6.86. The summed E-state index contributed by atoms with van der Waals surface area (Å²) in [4.78, 5) is 5.24. The lowest BCUT2D eigenvalue weighted by molar-refractivity contribution is 0.354. The Bertz CT molecular complexity index is 1320. The van der Waals surface area contributed by atoms with Gasteiger partial charge in [0.15, 0.2) is 17.3 Å². The van der Waals surface area contributed by atoms with E-state index in [0.29, 0.717) is 6.54 Å². The predicted molar refractivity (Wildman–Crippen MR) is 114 cm³/mol. The topological polar surface area (TPSA) is 79.4 Å². The van der Waals surface area contributed by atoms with Gasteiger partial charge in [0.2, 0.25) is 4.96 Å². The first-order valence-corrected chi connectivity index (χ1v) is 10.4. The van der Waals surface area contributed by atoms with Gasteiger partial charge < -0.3 is 14.0 Å². The van der Waals surface area contributed by atoms with E-state index in [9.17, 15) is 0 Å². The molecule has 0 saturated heterocycles. The summed E-state index contributed by atoms with van der Waals surface area (Å²) in [7, 11) is 3.29. The zero-order valence-electron chi connectivity index (χ0n) is 16.6. The number of aryl methyl sites for hydroxylation is 2. The summed E-state index contributed by atoms with van der Waals surface area (Å²) in [5.74, 6) is 2.27. The summed E-state index contributed by atoms with van der Waals surface area (Å²) in [5.41, 5.74) is 3.20. The van der Waals surface area contributed by atoms with Crippen molar-refractivity contribution in [3.63, 3.8) is 0 Å². The first kappa shape index (κ1) is 18.6. The van der Waals surface area contributed by atoms with Crippen LogP contribution in [0.2, 0.25) is 0 Å². The molecule has 0 fully saturated rings. The number of benzene rings is 2. The zero-order chi connectivity index (χ0) is 20.5. The van der Waals surface area contributed by atoms with Crippen molar-refractivity contribution in [1.82, 2.24) is 29.4 Å². The van der Waals surface area contributed by atoms with Crippen LogP contribution in [-0.2, 0) is 19.4 Å². The number of rotatable bonds is 7. The third-order valence-electron chi connectivity index (χ3n) is 5.01. The van der Waals surface area contributed by atoms with E-state index >= 15 is 0 Å². The van der Waals surface area contributed by atoms with Crippen LogP contribution in [0.25, 0.3) is 16.0 Å². The molecule has 0 spiro atoms. The Kier molecular flexibility index (Phi) is 4.80. The van der Waals surface area contributed by atoms with Gasteiger partial charge in [-0.05, 0) is 36.2 Å². The van der Waals surface area contributed by atoms with Crippen LogP contribution in [-0.4, -0.2) is 43.6 Å². The van der Waals surface area contributed by atoms with Crippen LogP contribution in [0.1, 0.15) is 16.4 Å². The van der Waals surface area contributed by atoms with Crippen molar-refractivity contribution in [3.05, 3.63) is 65.2 Å². The van der Waals surface area contributed by atoms with Crippen LogP contribution in [0.15, 0.2) is 48.8 Å². The highest BCUT2D eigenvalue weighted by molar-refractivity contribution is 7.16. The van der Waals surface area contributed by atoms with Gasteiger partial charge in [0, 0.05) is 6.42 Å². The fourth-order valence-corrected chi connectivity index (χ4v) is 4.32. The molecule has 0 amide bonds. The fourth-order valence-electron chi connectivity index (χ4n) is 3.47. The lowest BCUT2D eigenvalue weighted by atomic mass is 10.1. The second kappa shape index (κ2) is 7.75. The van der Waals surface area contributed by atoms with E-state index in [-0.39, 0.29) is 0 Å². The van der Waals surface area contributed by atoms with E-state index in [2.05, 4.69) is 31.9 Å². The molecule has 0 bridgehead atoms. The Morgan fingerprint density at radius 3 is 2.70 bits per heavy atom. The summed E-state index contributed by atoms with van der Waals surface area (Å²) in [5, 5.41) is 14.4. The molecule has 0 aliphatic rings. The van der Waals surface area contributed by atoms with Gasteiger partial charge in [-0.15, -0.1) is 10.2 Å². The predicted octanol–water partition coefficient (Wildman–Crippen LogP) is 3.39. The molecule has 0 aliphatic carbocycles. The minimum Gasteiger partial charge on any atom is -0.493 e. The molecular weight excluding hydrogens is 400 g/mol. The molecule has 9 heteroatoms. The summed E-state index contributed by atoms with van der Waals surface area (Å²) in [6, 6.07) is 14.0. The maximum absolute atomic E-state index is 5.39. The zero-order valence-corrected chi connectivity index (χ0v) is 17.5. The van der Waals surface area contributed by atoms with Gasteiger partial charge in [0.05, 0.1) is 38.1 Å². The summed E-state index contributed by atoms with van der Waals surface area (Å²) in [6.45, 7) is 0.570. The highest BCUT2D eigenvalue weighted by Gasteiger charge is 2.14. The van der Waals surface area contributed by atoms with E-state index in [1.165, 1.54) is 5.56 Å². The van der Waals surface area contributed by atoms with Crippen LogP contribution >= 0.6 is 11.3 Å². The van der Waals surface area contributed by atoms with Crippen LogP contribution in [0, 0.1) is 0 Å². The van der Waals surface area contributed by atoms with Gasteiger partial charge in [-0.1, -0.05) is 29.5 Å². The van der Waals surface area contributed by atoms with Crippen LogP contribution in [0.3, 0.4) is 0 Å². The van der Waals surface area contributed by atoms with E-state index in [1.54, 1.807) is 25.6 Å². The third kappa shape index (κ3) is 3.37. The first-order chi connectivity index (χ1) is 14.7. The molecule has 152 valence electrons. The van der Waals surface area contributed by atoms with E-state index in [0.717, 1.165) is 51.2 Å². The Labute approximate surface area is 176 Å². The van der Waals surface area contributed by atoms with Gasteiger partial charge in [-0.3, -0.25) is 0 Å². The van der Waals surface area contributed by atoms with Crippen LogP contribution in [0.5, 0.6) is 11.5 Å². The molecule has 0 aliphatic heterocycles. The molecular formula is C21H20N6O2S. The number of imidazole rings is 1. The first-order valence-electron chi connectivity index (χ1n) is 9.56. The third-order valence-corrected chi connectivity index (χ3v) is 5.97. The maximum Gasteiger partial charge on any atom is 0.234 e. The molecule has 5 aromatic rings. The molecule has 8 nitrogen and oxygen atoms in total. The van der Waals surface area contributed by atoms with Gasteiger partial charge in [0.25, 0.3) is 0 Å². The van der Waals surface area contributed by atoms with Gasteiger partial charge >= 0.3 is 0 Å². The van der Waals surface area contributed by atoms with Crippen molar-refractivity contribution in [2.24, 2.45) is 0 Å². The van der Waals surface area contributed by atoms with Crippen molar-refractivity contribution in [3.8, 4) is 11.5 Å². The molecule has 30 heavy (non-hydrogen) atoms. The molecule has 0 atom stereocenters. The molecule has 5 rings (SSSR count). The summed E-state index contributed by atoms with van der Waals surface area (Å²) >= 11 is 1.57. The van der Waals surface area contributed by atoms with Crippen molar-refractivity contribution < 1.29 is 9.47 Å². The smallest absolute Gasteiger partial charge is 0.234 e. The van der Waals surface area contributed by atoms with E-state index in [4.69, 9.17) is 14.6 Å². The monoisotopic (exact) mass is 420 g/mol. The number of fused-ring (bicyclic) bond motifs is 2. The molecule has 0 unspecified atom stereocenters. The Hall–Kier alpha value is -3.46. The van der Waals surface area contributed by atoms with Gasteiger partial charge in [-0.2, -0.15) is 9.61 Å². The minimum absolute atomic E-state index is 0.570. The molecule has 2 aromatic carbocycles. The number of aromatic nitrogens is 6. The maximum atomic E-state index is 5.39. The quantitative estimate of drug-likeness (QED) is 0.402. The number of nitrogens with zero attached hydrogens (tertiary/aromatic N) is 6. The van der Waals surface area contributed by atoms with Crippen molar-refractivity contribution in [1.29, 1.82) is 0 Å². The molecule has 3 heterocycles. The van der Waals surface area contributed by atoms with E-state index in [1.807, 2.05) is 41.2 Å². The van der Waals surface area contributed by atoms with Crippen LogP contribution < -0.4 is 9.47 Å². The highest BCUT2D eigenvalue weighted by atomic mass is 32.1. The lowest BCUT2D eigenvalue weighted by Gasteiger charge is -2.09. The van der Waals surface area contributed by atoms with Gasteiger partial charge in [0.1, 0.15) is 5.01 Å². The number of ether oxygens (including phenoxy) is 2. The van der Waals surface area contributed by atoms with Crippen molar-refractivity contribution in [2.45, 2.75) is 19.4 Å². The fraction of sp³-hybridized carbons (Fsp3) is 0.238. The summed E-state index contributed by atoms with van der Waals surface area (Å²) < 4.78 is 14.6. The average Bonchev–Trinajstić information content (AvgIpc) is 3.48. The number of hydrogen-bond donors (Lipinski definition) is 0. The normalized spacial score (nSPS) is 11.4. The standard InChI is InChI=1S/C21H20N6O2S/c1-28-17-9-7-14(11-18(17)29-2)8-10-20-25-27-19(23-24-21(27)30-20)12-26-13-22-15-5-3-4-6-16(15)26/h3-7,9,11,13H,8,10,12H2,1-2H3. The molecule has 3 aromatic heterocycles. The number of para-hydroxylation sites is 2. The van der Waals surface area contributed by atoms with Crippen molar-refractivity contribution >= 4 is 27.3 Å². The Morgan fingerprint density at radius 2 is 1.83 bits per heavy atom. The molecule has 0 N–H and O–H groups in total. The average molecular weight is 420 g/mol. The largest absolute Gasteiger partial charge is 0.493 e. The molecule has 0 saturated carbocycles. The number of hydrogen-bond acceptors (Lipinski definition) is 7. The second-order valence-corrected chi connectivity index (χ2v) is 7.90. The number of methoxy groups -OCH3 is 2. The van der Waals surface area contributed by atoms with Gasteiger partial charge in [-0.25, -0.2) is 4.98 Å². The van der Waals surface area contributed by atoms with E-state index < -0.39 is 0 Å². The lowest BCUT2D eigenvalue weighted by Crippen LogP contribution is -2.04. The summed E-state index contributed by atoms with van der Waals surface area (Å²) in [6.07, 6.45) is 3.50. The van der Waals surface area contributed by atoms with Crippen molar-refractivity contribution in [2.75, 3.05) is 14.2 Å². The minimum atomic E-state index is 0.570. The van der Waals surface area contributed by atoms with Crippen LogP contribution in [0.4, 0.5) is 0 Å². The Balaban J connectivity index is 1.34. The Morgan fingerprint density at radius 1 is 0.967 bits per heavy atom.